The van der Waals surface area contributed by atoms with Crippen LogP contribution in [0, 0.1) is 0 Å². The van der Waals surface area contributed by atoms with Crippen LogP contribution in [0.2, 0.25) is 0 Å². The molecule has 76 valence electrons. The van der Waals surface area contributed by atoms with Gasteiger partial charge in [-0.25, -0.2) is 0 Å². The van der Waals surface area contributed by atoms with Crippen molar-refractivity contribution in [2.24, 2.45) is 0 Å². The van der Waals surface area contributed by atoms with Gasteiger partial charge in [-0.05, 0) is 25.0 Å². The highest BCUT2D eigenvalue weighted by molar-refractivity contribution is 5.57. The fraction of sp³-hybridized carbons (Fsp3) is 0.455. The van der Waals surface area contributed by atoms with Crippen molar-refractivity contribution in [2.45, 2.75) is 32.7 Å². The van der Waals surface area contributed by atoms with Crippen LogP contribution in [0.1, 0.15) is 32.4 Å². The molecule has 0 aliphatic rings. The number of hydrogen-bond donors (Lipinski definition) is 1. The second-order valence-electron chi connectivity index (χ2n) is 3.25. The van der Waals surface area contributed by atoms with Crippen molar-refractivity contribution in [3.63, 3.8) is 0 Å². The number of nitrogens with one attached hydrogen (secondary N) is 1. The van der Waals surface area contributed by atoms with E-state index in [1.807, 2.05) is 12.1 Å². The molecule has 1 aromatic rings. The lowest BCUT2D eigenvalue weighted by atomic mass is 10.1. The zero-order valence-corrected chi connectivity index (χ0v) is 8.83. The molecule has 3 nitrogen and oxygen atoms in total. The van der Waals surface area contributed by atoms with E-state index in [1.54, 1.807) is 6.20 Å². The number of hydrogen-bond acceptors (Lipinski definition) is 3. The molecule has 0 aliphatic heterocycles. The molecule has 14 heavy (non-hydrogen) atoms. The van der Waals surface area contributed by atoms with E-state index in [4.69, 9.17) is 0 Å². The molecular weight excluding hydrogens is 174 g/mol. The second kappa shape index (κ2) is 5.37. The normalized spacial score (nSPS) is 10.2. The summed E-state index contributed by atoms with van der Waals surface area (Å²) >= 11 is 0. The lowest BCUT2D eigenvalue weighted by Gasteiger charge is -2.17. The van der Waals surface area contributed by atoms with Gasteiger partial charge < -0.3 is 5.32 Å². The van der Waals surface area contributed by atoms with Crippen molar-refractivity contribution in [1.29, 1.82) is 0 Å². The van der Waals surface area contributed by atoms with Gasteiger partial charge in [0.1, 0.15) is 5.69 Å². The van der Waals surface area contributed by atoms with Gasteiger partial charge >= 0.3 is 0 Å². The molecule has 1 rings (SSSR count). The highest BCUT2D eigenvalue weighted by Gasteiger charge is 2.05. The average molecular weight is 191 g/mol. The van der Waals surface area contributed by atoms with E-state index in [0.29, 0.717) is 6.04 Å². The molecule has 1 N–H and O–H groups in total. The third-order valence-corrected chi connectivity index (χ3v) is 2.25. The lowest BCUT2D eigenvalue weighted by Crippen LogP contribution is -2.26. The van der Waals surface area contributed by atoms with Crippen LogP contribution in [0.5, 0.6) is 0 Å². The zero-order valence-electron chi connectivity index (χ0n) is 8.83. The smallest absolute Gasteiger partial charge is 0.108 e. The Labute approximate surface area is 85.3 Å². The van der Waals surface area contributed by atoms with E-state index in [2.05, 4.69) is 35.9 Å². The number of rotatable bonds is 5. The van der Waals surface area contributed by atoms with E-state index in [-0.39, 0.29) is 0 Å². The van der Waals surface area contributed by atoms with E-state index in [9.17, 15) is 0 Å². The molecule has 0 atom stereocenters. The Morgan fingerprint density at radius 1 is 1.50 bits per heavy atom. The Balaban J connectivity index is 2.59. The van der Waals surface area contributed by atoms with Crippen molar-refractivity contribution in [3.05, 3.63) is 30.6 Å². The van der Waals surface area contributed by atoms with Gasteiger partial charge in [-0.15, -0.1) is 5.10 Å². The largest absolute Gasteiger partial charge is 0.381 e. The molecule has 0 radical (unpaired) electrons. The Morgan fingerprint density at radius 2 is 2.21 bits per heavy atom. The van der Waals surface area contributed by atoms with E-state index < -0.39 is 0 Å². The van der Waals surface area contributed by atoms with E-state index in [1.165, 1.54) is 0 Å². The summed E-state index contributed by atoms with van der Waals surface area (Å²) in [6, 6.07) is 4.25. The van der Waals surface area contributed by atoms with Crippen LogP contribution in [0.25, 0.3) is 5.70 Å². The molecule has 0 bridgehead atoms. The van der Waals surface area contributed by atoms with Crippen LogP contribution in [0.15, 0.2) is 24.9 Å². The Hall–Kier alpha value is -1.38. The van der Waals surface area contributed by atoms with Crippen LogP contribution in [-0.2, 0) is 0 Å². The summed E-state index contributed by atoms with van der Waals surface area (Å²) in [6.07, 6.45) is 3.85. The van der Waals surface area contributed by atoms with Gasteiger partial charge in [0.15, 0.2) is 0 Å². The van der Waals surface area contributed by atoms with Gasteiger partial charge in [0, 0.05) is 12.2 Å². The van der Waals surface area contributed by atoms with Gasteiger partial charge in [0.2, 0.25) is 0 Å². The minimum atomic E-state index is 0.476. The summed E-state index contributed by atoms with van der Waals surface area (Å²) in [7, 11) is 0. The first-order chi connectivity index (χ1) is 6.77. The number of aromatic nitrogens is 2. The first-order valence-corrected chi connectivity index (χ1v) is 5.01. The molecule has 0 saturated heterocycles. The summed E-state index contributed by atoms with van der Waals surface area (Å²) < 4.78 is 0. The average Bonchev–Trinajstić information content (AvgIpc) is 2.26. The molecule has 0 aromatic carbocycles. The van der Waals surface area contributed by atoms with Crippen molar-refractivity contribution in [1.82, 2.24) is 15.5 Å². The maximum atomic E-state index is 3.99. The fourth-order valence-corrected chi connectivity index (χ4v) is 1.28. The van der Waals surface area contributed by atoms with Crippen LogP contribution >= 0.6 is 0 Å². The van der Waals surface area contributed by atoms with Gasteiger partial charge in [0.25, 0.3) is 0 Å². The van der Waals surface area contributed by atoms with Crippen LogP contribution in [-0.4, -0.2) is 16.2 Å². The Bertz CT molecular complexity index is 278. The molecular formula is C11H17N3. The molecule has 1 aromatic heterocycles. The number of nitrogens with zero attached hydrogens (tertiary/aromatic N) is 2. The molecule has 3 heteroatoms. The van der Waals surface area contributed by atoms with Crippen molar-refractivity contribution < 1.29 is 0 Å². The van der Waals surface area contributed by atoms with Gasteiger partial charge in [-0.3, -0.25) is 0 Å². The third kappa shape index (κ3) is 2.83. The standard InChI is InChI=1S/C11H17N3/c1-4-10(5-2)13-9(3)11-7-6-8-12-14-11/h6-8,10,13H,3-5H2,1-2H3. The maximum Gasteiger partial charge on any atom is 0.108 e. The molecule has 0 fully saturated rings. The van der Waals surface area contributed by atoms with Gasteiger partial charge in [0.05, 0.1) is 5.70 Å². The summed E-state index contributed by atoms with van der Waals surface area (Å²) in [4.78, 5) is 0. The molecule has 0 amide bonds. The maximum absolute atomic E-state index is 3.99. The summed E-state index contributed by atoms with van der Waals surface area (Å²) in [5.41, 5.74) is 1.67. The zero-order chi connectivity index (χ0) is 10.4. The minimum Gasteiger partial charge on any atom is -0.381 e. The first-order valence-electron chi connectivity index (χ1n) is 5.01. The molecule has 0 spiro atoms. The second-order valence-corrected chi connectivity index (χ2v) is 3.25. The monoisotopic (exact) mass is 191 g/mol. The molecule has 0 saturated carbocycles. The third-order valence-electron chi connectivity index (χ3n) is 2.25. The highest BCUT2D eigenvalue weighted by Crippen LogP contribution is 2.07. The summed E-state index contributed by atoms with van der Waals surface area (Å²) in [5, 5.41) is 11.1. The Morgan fingerprint density at radius 3 is 2.71 bits per heavy atom. The SMILES string of the molecule is C=C(NC(CC)CC)c1cccnn1. The predicted molar refractivity (Wildman–Crippen MR) is 58.6 cm³/mol. The topological polar surface area (TPSA) is 37.8 Å². The summed E-state index contributed by atoms with van der Waals surface area (Å²) in [6.45, 7) is 8.26. The van der Waals surface area contributed by atoms with Gasteiger partial charge in [-0.1, -0.05) is 20.4 Å². The first kappa shape index (κ1) is 10.7. The van der Waals surface area contributed by atoms with Crippen molar-refractivity contribution in [2.75, 3.05) is 0 Å². The van der Waals surface area contributed by atoms with Crippen LogP contribution in [0.4, 0.5) is 0 Å². The van der Waals surface area contributed by atoms with E-state index >= 15 is 0 Å². The predicted octanol–water partition coefficient (Wildman–Crippen LogP) is 2.23. The van der Waals surface area contributed by atoms with Crippen molar-refractivity contribution >= 4 is 5.70 Å². The lowest BCUT2D eigenvalue weighted by molar-refractivity contribution is 0.560. The Kier molecular flexibility index (Phi) is 4.11. The highest BCUT2D eigenvalue weighted by atomic mass is 15.1. The molecule has 0 unspecified atom stereocenters. The van der Waals surface area contributed by atoms with Crippen LogP contribution < -0.4 is 5.32 Å². The summed E-state index contributed by atoms with van der Waals surface area (Å²) in [5.74, 6) is 0. The minimum absolute atomic E-state index is 0.476. The quantitative estimate of drug-likeness (QED) is 0.775. The van der Waals surface area contributed by atoms with Crippen molar-refractivity contribution in [3.8, 4) is 0 Å². The van der Waals surface area contributed by atoms with Crippen LogP contribution in [0.3, 0.4) is 0 Å². The van der Waals surface area contributed by atoms with Gasteiger partial charge in [-0.2, -0.15) is 5.10 Å². The molecule has 1 heterocycles. The fourth-order valence-electron chi connectivity index (χ4n) is 1.28. The molecule has 0 aliphatic carbocycles. The van der Waals surface area contributed by atoms with E-state index in [0.717, 1.165) is 24.2 Å².